The molecule has 1 heterocycles. The van der Waals surface area contributed by atoms with Crippen molar-refractivity contribution in [1.29, 1.82) is 0 Å². The number of nitrogens with zero attached hydrogens (tertiary/aromatic N) is 1. The van der Waals surface area contributed by atoms with Gasteiger partial charge in [-0.05, 0) is 31.0 Å². The molecular weight excluding hydrogens is 188 g/mol. The zero-order chi connectivity index (χ0) is 10.7. The van der Waals surface area contributed by atoms with Crippen LogP contribution in [0.3, 0.4) is 0 Å². The summed E-state index contributed by atoms with van der Waals surface area (Å²) in [6.45, 7) is 2.48. The number of likely N-dealkylation sites (N-methyl/N-ethyl adjacent to an activating group) is 1. The van der Waals surface area contributed by atoms with Gasteiger partial charge in [-0.15, -0.1) is 0 Å². The Morgan fingerprint density at radius 2 is 2.33 bits per heavy atom. The minimum absolute atomic E-state index is 0.685. The minimum Gasteiger partial charge on any atom is -0.491 e. The first-order valence-electron chi connectivity index (χ1n) is 5.49. The van der Waals surface area contributed by atoms with E-state index in [1.165, 1.54) is 11.3 Å². The highest BCUT2D eigenvalue weighted by atomic mass is 16.5. The fourth-order valence-electron chi connectivity index (χ4n) is 1.98. The molecule has 0 unspecified atom stereocenters. The highest BCUT2D eigenvalue weighted by molar-refractivity contribution is 5.66. The average Bonchev–Trinajstić information content (AvgIpc) is 2.62. The summed E-state index contributed by atoms with van der Waals surface area (Å²) in [5.74, 6) is 1.00. The molecule has 0 atom stereocenters. The molecule has 0 saturated heterocycles. The van der Waals surface area contributed by atoms with Crippen molar-refractivity contribution >= 4 is 5.69 Å². The van der Waals surface area contributed by atoms with Gasteiger partial charge in [-0.3, -0.25) is 0 Å². The van der Waals surface area contributed by atoms with E-state index in [9.17, 15) is 0 Å². The van der Waals surface area contributed by atoms with Gasteiger partial charge in [-0.2, -0.15) is 0 Å². The molecule has 1 aliphatic rings. The fraction of sp³-hybridized carbons (Fsp3) is 0.500. The van der Waals surface area contributed by atoms with Gasteiger partial charge in [0.05, 0.1) is 12.3 Å². The van der Waals surface area contributed by atoms with Crippen molar-refractivity contribution in [3.63, 3.8) is 0 Å². The maximum Gasteiger partial charge on any atom is 0.142 e. The summed E-state index contributed by atoms with van der Waals surface area (Å²) in [4.78, 5) is 2.26. The second-order valence-electron chi connectivity index (χ2n) is 3.93. The van der Waals surface area contributed by atoms with Crippen molar-refractivity contribution in [2.45, 2.75) is 12.8 Å². The lowest BCUT2D eigenvalue weighted by Gasteiger charge is -2.17. The van der Waals surface area contributed by atoms with Crippen LogP contribution in [0.5, 0.6) is 5.75 Å². The summed E-state index contributed by atoms with van der Waals surface area (Å²) in [5, 5.41) is 0. The molecule has 82 valence electrons. The van der Waals surface area contributed by atoms with Crippen LogP contribution in [-0.4, -0.2) is 26.7 Å². The van der Waals surface area contributed by atoms with Crippen molar-refractivity contribution in [2.75, 3.05) is 31.6 Å². The summed E-state index contributed by atoms with van der Waals surface area (Å²) in [6, 6.07) is 6.28. The lowest BCUT2D eigenvalue weighted by molar-refractivity contribution is 0.314. The Morgan fingerprint density at radius 1 is 1.47 bits per heavy atom. The summed E-state index contributed by atoms with van der Waals surface area (Å²) in [7, 11) is 2.11. The normalized spacial score (nSPS) is 14.1. The number of anilines is 1. The SMILES string of the molecule is CN1CCc2cccc(OCCCN)c21. The molecule has 2 N–H and O–H groups in total. The van der Waals surface area contributed by atoms with Gasteiger partial charge in [0.15, 0.2) is 0 Å². The molecule has 15 heavy (non-hydrogen) atoms. The van der Waals surface area contributed by atoms with Crippen LogP contribution in [0.1, 0.15) is 12.0 Å². The molecule has 0 amide bonds. The van der Waals surface area contributed by atoms with Gasteiger partial charge >= 0.3 is 0 Å². The van der Waals surface area contributed by atoms with Crippen molar-refractivity contribution < 1.29 is 4.74 Å². The van der Waals surface area contributed by atoms with Gasteiger partial charge in [-0.25, -0.2) is 0 Å². The van der Waals surface area contributed by atoms with Crippen LogP contribution in [0.4, 0.5) is 5.69 Å². The third-order valence-corrected chi connectivity index (χ3v) is 2.79. The van der Waals surface area contributed by atoms with Crippen LogP contribution in [0.15, 0.2) is 18.2 Å². The molecule has 2 rings (SSSR count). The lowest BCUT2D eigenvalue weighted by atomic mass is 10.1. The smallest absolute Gasteiger partial charge is 0.142 e. The number of benzene rings is 1. The predicted octanol–water partition coefficient (Wildman–Crippen LogP) is 1.41. The van der Waals surface area contributed by atoms with Crippen LogP contribution in [0.2, 0.25) is 0 Å². The second kappa shape index (κ2) is 4.53. The number of hydrogen-bond acceptors (Lipinski definition) is 3. The monoisotopic (exact) mass is 206 g/mol. The Labute approximate surface area is 90.8 Å². The molecule has 0 saturated carbocycles. The third-order valence-electron chi connectivity index (χ3n) is 2.79. The van der Waals surface area contributed by atoms with Gasteiger partial charge in [0.1, 0.15) is 5.75 Å². The van der Waals surface area contributed by atoms with Gasteiger partial charge in [0, 0.05) is 13.6 Å². The number of para-hydroxylation sites is 1. The Morgan fingerprint density at radius 3 is 3.13 bits per heavy atom. The highest BCUT2D eigenvalue weighted by Gasteiger charge is 2.19. The van der Waals surface area contributed by atoms with Crippen molar-refractivity contribution in [2.24, 2.45) is 5.73 Å². The van der Waals surface area contributed by atoms with E-state index in [2.05, 4.69) is 24.1 Å². The number of ether oxygens (including phenoxy) is 1. The second-order valence-corrected chi connectivity index (χ2v) is 3.93. The number of rotatable bonds is 4. The number of nitrogens with two attached hydrogens (primary N) is 1. The zero-order valence-electron chi connectivity index (χ0n) is 9.20. The van der Waals surface area contributed by atoms with E-state index in [0.717, 1.165) is 25.1 Å². The Bertz CT molecular complexity index is 338. The summed E-state index contributed by atoms with van der Waals surface area (Å²) in [6.07, 6.45) is 2.04. The van der Waals surface area contributed by atoms with Crippen molar-refractivity contribution in [3.05, 3.63) is 23.8 Å². The van der Waals surface area contributed by atoms with Gasteiger partial charge in [-0.1, -0.05) is 12.1 Å². The maximum absolute atomic E-state index is 5.74. The predicted molar refractivity (Wildman–Crippen MR) is 62.6 cm³/mol. The van der Waals surface area contributed by atoms with E-state index in [1.54, 1.807) is 0 Å². The van der Waals surface area contributed by atoms with E-state index in [-0.39, 0.29) is 0 Å². The molecule has 0 aliphatic carbocycles. The fourth-order valence-corrected chi connectivity index (χ4v) is 1.98. The van der Waals surface area contributed by atoms with Crippen LogP contribution in [0.25, 0.3) is 0 Å². The lowest BCUT2D eigenvalue weighted by Crippen LogP contribution is -2.14. The molecule has 0 aromatic heterocycles. The molecular formula is C12H18N2O. The van der Waals surface area contributed by atoms with E-state index < -0.39 is 0 Å². The Balaban J connectivity index is 2.14. The highest BCUT2D eigenvalue weighted by Crippen LogP contribution is 2.35. The molecule has 0 spiro atoms. The molecule has 3 heteroatoms. The standard InChI is InChI=1S/C12H18N2O/c1-14-8-6-10-4-2-5-11(12(10)14)15-9-3-7-13/h2,4-5H,3,6-9,13H2,1H3. The number of fused-ring (bicyclic) bond motifs is 1. The molecule has 3 nitrogen and oxygen atoms in total. The van der Waals surface area contributed by atoms with Crippen LogP contribution in [-0.2, 0) is 6.42 Å². The quantitative estimate of drug-likeness (QED) is 0.757. The van der Waals surface area contributed by atoms with Gasteiger partial charge in [0.2, 0.25) is 0 Å². The third kappa shape index (κ3) is 2.07. The van der Waals surface area contributed by atoms with Crippen molar-refractivity contribution in [3.8, 4) is 5.75 Å². The van der Waals surface area contributed by atoms with Crippen LogP contribution >= 0.6 is 0 Å². The van der Waals surface area contributed by atoms with E-state index in [1.807, 2.05) is 6.07 Å². The van der Waals surface area contributed by atoms with E-state index in [4.69, 9.17) is 10.5 Å². The largest absolute Gasteiger partial charge is 0.491 e. The van der Waals surface area contributed by atoms with Crippen molar-refractivity contribution in [1.82, 2.24) is 0 Å². The molecule has 0 fully saturated rings. The first kappa shape index (κ1) is 10.3. The Kier molecular flexibility index (Phi) is 3.11. The molecule has 1 aromatic carbocycles. The van der Waals surface area contributed by atoms with Crippen LogP contribution in [0, 0.1) is 0 Å². The van der Waals surface area contributed by atoms with Gasteiger partial charge in [0.25, 0.3) is 0 Å². The molecule has 1 aromatic rings. The summed E-state index contributed by atoms with van der Waals surface area (Å²) < 4.78 is 5.74. The summed E-state index contributed by atoms with van der Waals surface area (Å²) in [5.41, 5.74) is 8.09. The first-order chi connectivity index (χ1) is 7.33. The zero-order valence-corrected chi connectivity index (χ0v) is 9.20. The molecule has 0 bridgehead atoms. The van der Waals surface area contributed by atoms with E-state index >= 15 is 0 Å². The Hall–Kier alpha value is -1.22. The summed E-state index contributed by atoms with van der Waals surface area (Å²) >= 11 is 0. The van der Waals surface area contributed by atoms with Crippen LogP contribution < -0.4 is 15.4 Å². The van der Waals surface area contributed by atoms with Gasteiger partial charge < -0.3 is 15.4 Å². The first-order valence-corrected chi connectivity index (χ1v) is 5.49. The van der Waals surface area contributed by atoms with E-state index in [0.29, 0.717) is 13.2 Å². The number of hydrogen-bond donors (Lipinski definition) is 1. The minimum atomic E-state index is 0.685. The molecule has 1 aliphatic heterocycles. The average molecular weight is 206 g/mol. The molecule has 0 radical (unpaired) electrons. The topological polar surface area (TPSA) is 38.5 Å². The maximum atomic E-state index is 5.74.